The summed E-state index contributed by atoms with van der Waals surface area (Å²) in [6.07, 6.45) is 0.797. The lowest BCUT2D eigenvalue weighted by Crippen LogP contribution is -2.30. The molecule has 0 saturated heterocycles. The van der Waals surface area contributed by atoms with Crippen molar-refractivity contribution in [3.8, 4) is 0 Å². The molecule has 0 aromatic carbocycles. The highest BCUT2D eigenvalue weighted by molar-refractivity contribution is 5.71. The zero-order chi connectivity index (χ0) is 8.55. The van der Waals surface area contributed by atoms with Crippen molar-refractivity contribution in [2.45, 2.75) is 13.1 Å². The predicted molar refractivity (Wildman–Crippen MR) is 43.9 cm³/mol. The molecule has 0 fully saturated rings. The van der Waals surface area contributed by atoms with Gasteiger partial charge in [-0.1, -0.05) is 0 Å². The number of aromatic nitrogens is 2. The van der Waals surface area contributed by atoms with E-state index >= 15 is 0 Å². The van der Waals surface area contributed by atoms with Crippen LogP contribution in [-0.2, 0) is 13.1 Å². The lowest BCUT2D eigenvalue weighted by molar-refractivity contribution is 0.111. The summed E-state index contributed by atoms with van der Waals surface area (Å²) in [7, 11) is 2.07. The zero-order valence-electron chi connectivity index (χ0n) is 7.03. The molecule has 0 radical (unpaired) electrons. The second kappa shape index (κ2) is 2.71. The molecular weight excluding hydrogens is 154 g/mol. The SMILES string of the molecule is CN1CCn2nc(C=O)cc2C1. The maximum Gasteiger partial charge on any atom is 0.170 e. The zero-order valence-corrected chi connectivity index (χ0v) is 7.03. The van der Waals surface area contributed by atoms with E-state index in [2.05, 4.69) is 17.0 Å². The number of carbonyl (C=O) groups is 1. The van der Waals surface area contributed by atoms with Crippen LogP contribution in [0.25, 0.3) is 0 Å². The van der Waals surface area contributed by atoms with Crippen LogP contribution in [0.5, 0.6) is 0 Å². The van der Waals surface area contributed by atoms with E-state index in [9.17, 15) is 4.79 Å². The van der Waals surface area contributed by atoms with E-state index in [1.165, 1.54) is 0 Å². The molecule has 0 atom stereocenters. The van der Waals surface area contributed by atoms with Crippen LogP contribution in [0, 0.1) is 0 Å². The van der Waals surface area contributed by atoms with Crippen molar-refractivity contribution >= 4 is 6.29 Å². The molecule has 2 rings (SSSR count). The van der Waals surface area contributed by atoms with Gasteiger partial charge in [-0.2, -0.15) is 5.10 Å². The van der Waals surface area contributed by atoms with Crippen molar-refractivity contribution in [2.75, 3.05) is 13.6 Å². The highest BCUT2D eigenvalue weighted by atomic mass is 16.1. The molecule has 12 heavy (non-hydrogen) atoms. The number of carbonyl (C=O) groups excluding carboxylic acids is 1. The summed E-state index contributed by atoms with van der Waals surface area (Å²) < 4.78 is 1.91. The lowest BCUT2D eigenvalue weighted by Gasteiger charge is -2.22. The van der Waals surface area contributed by atoms with Gasteiger partial charge in [-0.25, -0.2) is 0 Å². The van der Waals surface area contributed by atoms with Crippen LogP contribution in [0.4, 0.5) is 0 Å². The van der Waals surface area contributed by atoms with Gasteiger partial charge in [-0.05, 0) is 13.1 Å². The Morgan fingerprint density at radius 1 is 1.58 bits per heavy atom. The standard InChI is InChI=1S/C8H11N3O/c1-10-2-3-11-8(5-10)4-7(6-12)9-11/h4,6H,2-3,5H2,1H3. The monoisotopic (exact) mass is 165 g/mol. The van der Waals surface area contributed by atoms with Gasteiger partial charge >= 0.3 is 0 Å². The van der Waals surface area contributed by atoms with Crippen molar-refractivity contribution in [3.05, 3.63) is 17.5 Å². The number of nitrogens with zero attached hydrogens (tertiary/aromatic N) is 3. The number of aldehydes is 1. The molecule has 0 unspecified atom stereocenters. The first-order chi connectivity index (χ1) is 5.79. The van der Waals surface area contributed by atoms with Gasteiger partial charge in [-0.15, -0.1) is 0 Å². The molecule has 0 N–H and O–H groups in total. The van der Waals surface area contributed by atoms with Crippen molar-refractivity contribution in [2.24, 2.45) is 0 Å². The largest absolute Gasteiger partial charge is 0.299 e. The summed E-state index contributed by atoms with van der Waals surface area (Å²) in [4.78, 5) is 12.6. The Labute approximate surface area is 70.8 Å². The van der Waals surface area contributed by atoms with E-state index in [1.807, 2.05) is 10.7 Å². The van der Waals surface area contributed by atoms with Gasteiger partial charge < -0.3 is 0 Å². The van der Waals surface area contributed by atoms with E-state index < -0.39 is 0 Å². The number of hydrogen-bond donors (Lipinski definition) is 0. The summed E-state index contributed by atoms with van der Waals surface area (Å²) in [6.45, 7) is 2.79. The Bertz CT molecular complexity index is 305. The molecule has 4 nitrogen and oxygen atoms in total. The second-order valence-corrected chi connectivity index (χ2v) is 3.14. The topological polar surface area (TPSA) is 38.1 Å². The minimum Gasteiger partial charge on any atom is -0.299 e. The van der Waals surface area contributed by atoms with E-state index in [4.69, 9.17) is 0 Å². The fourth-order valence-electron chi connectivity index (χ4n) is 1.48. The average Bonchev–Trinajstić information content (AvgIpc) is 2.46. The third-order valence-corrected chi connectivity index (χ3v) is 2.13. The van der Waals surface area contributed by atoms with Gasteiger partial charge in [0.25, 0.3) is 0 Å². The quantitative estimate of drug-likeness (QED) is 0.555. The molecule has 0 bridgehead atoms. The molecule has 0 spiro atoms. The smallest absolute Gasteiger partial charge is 0.170 e. The first-order valence-electron chi connectivity index (χ1n) is 4.00. The van der Waals surface area contributed by atoms with Gasteiger partial charge in [-0.3, -0.25) is 14.4 Å². The molecule has 4 heteroatoms. The maximum absolute atomic E-state index is 10.4. The van der Waals surface area contributed by atoms with Crippen LogP contribution in [-0.4, -0.2) is 34.6 Å². The Kier molecular flexibility index (Phi) is 1.69. The Balaban J connectivity index is 2.34. The Hall–Kier alpha value is -1.16. The highest BCUT2D eigenvalue weighted by Crippen LogP contribution is 2.10. The van der Waals surface area contributed by atoms with Crippen LogP contribution in [0.2, 0.25) is 0 Å². The molecule has 0 saturated carbocycles. The number of hydrogen-bond acceptors (Lipinski definition) is 3. The Morgan fingerprint density at radius 2 is 2.42 bits per heavy atom. The van der Waals surface area contributed by atoms with Crippen molar-refractivity contribution < 1.29 is 4.79 Å². The van der Waals surface area contributed by atoms with Gasteiger partial charge in [0.05, 0.1) is 12.2 Å². The number of fused-ring (bicyclic) bond motifs is 1. The minimum absolute atomic E-state index is 0.542. The normalized spacial score (nSPS) is 17.4. The molecule has 0 aliphatic carbocycles. The van der Waals surface area contributed by atoms with E-state index in [0.717, 1.165) is 31.6 Å². The summed E-state index contributed by atoms with van der Waals surface area (Å²) in [5, 5.41) is 4.13. The third kappa shape index (κ3) is 1.14. The van der Waals surface area contributed by atoms with Crippen LogP contribution in [0.3, 0.4) is 0 Å². The third-order valence-electron chi connectivity index (χ3n) is 2.13. The summed E-state index contributed by atoms with van der Waals surface area (Å²) in [5.41, 5.74) is 1.67. The molecule has 1 aliphatic rings. The molecule has 64 valence electrons. The van der Waals surface area contributed by atoms with Gasteiger partial charge in [0.15, 0.2) is 6.29 Å². The van der Waals surface area contributed by atoms with Crippen LogP contribution < -0.4 is 0 Å². The summed E-state index contributed by atoms with van der Waals surface area (Å²) in [5.74, 6) is 0. The van der Waals surface area contributed by atoms with Crippen molar-refractivity contribution in [3.63, 3.8) is 0 Å². The predicted octanol–water partition coefficient (Wildman–Crippen LogP) is 0.141. The van der Waals surface area contributed by atoms with Crippen LogP contribution >= 0.6 is 0 Å². The van der Waals surface area contributed by atoms with E-state index in [0.29, 0.717) is 5.69 Å². The minimum atomic E-state index is 0.542. The first kappa shape index (κ1) is 7.49. The van der Waals surface area contributed by atoms with Crippen LogP contribution in [0.1, 0.15) is 16.2 Å². The van der Waals surface area contributed by atoms with E-state index in [1.54, 1.807) is 0 Å². The second-order valence-electron chi connectivity index (χ2n) is 3.14. The molecule has 0 amide bonds. The summed E-state index contributed by atoms with van der Waals surface area (Å²) in [6, 6.07) is 1.85. The number of likely N-dealkylation sites (N-methyl/N-ethyl adjacent to an activating group) is 1. The molecule has 1 aromatic heterocycles. The van der Waals surface area contributed by atoms with Crippen molar-refractivity contribution in [1.29, 1.82) is 0 Å². The van der Waals surface area contributed by atoms with Crippen LogP contribution in [0.15, 0.2) is 6.07 Å². The van der Waals surface area contributed by atoms with Gasteiger partial charge in [0.1, 0.15) is 5.69 Å². The fraction of sp³-hybridized carbons (Fsp3) is 0.500. The molecule has 1 aromatic rings. The lowest BCUT2D eigenvalue weighted by atomic mass is 10.3. The Morgan fingerprint density at radius 3 is 3.17 bits per heavy atom. The molecule has 2 heterocycles. The average molecular weight is 165 g/mol. The molecule has 1 aliphatic heterocycles. The van der Waals surface area contributed by atoms with E-state index in [-0.39, 0.29) is 0 Å². The highest BCUT2D eigenvalue weighted by Gasteiger charge is 2.14. The first-order valence-corrected chi connectivity index (χ1v) is 4.00. The maximum atomic E-state index is 10.4. The number of rotatable bonds is 1. The summed E-state index contributed by atoms with van der Waals surface area (Å²) >= 11 is 0. The molecular formula is C8H11N3O. The van der Waals surface area contributed by atoms with Gasteiger partial charge in [0.2, 0.25) is 0 Å². The fourth-order valence-corrected chi connectivity index (χ4v) is 1.48. The van der Waals surface area contributed by atoms with Gasteiger partial charge in [0, 0.05) is 13.1 Å². The van der Waals surface area contributed by atoms with Crippen molar-refractivity contribution in [1.82, 2.24) is 14.7 Å².